The monoisotopic (exact) mass is 323 g/mol. The molecule has 4 nitrogen and oxygen atoms in total. The van der Waals surface area contributed by atoms with Gasteiger partial charge in [-0.25, -0.2) is 0 Å². The Balaban J connectivity index is 0.000001000. The molecule has 0 fully saturated rings. The van der Waals surface area contributed by atoms with E-state index in [2.05, 4.69) is 21.1 Å². The van der Waals surface area contributed by atoms with Crippen LogP contribution in [0.15, 0.2) is 0 Å². The van der Waals surface area contributed by atoms with Crippen LogP contribution in [0.4, 0.5) is 0 Å². The molecule has 0 aliphatic rings. The van der Waals surface area contributed by atoms with Crippen molar-refractivity contribution < 1.29 is 30.6 Å². The Morgan fingerprint density at radius 3 is 2.73 bits per heavy atom. The molecular formula is C6H7N2O2W-. The molecular weight excluding hydrogens is 316 g/mol. The van der Waals surface area contributed by atoms with Crippen LogP contribution in [0, 0.1) is 13.1 Å². The number of hydrogen-bond acceptors (Lipinski definition) is 3. The van der Waals surface area contributed by atoms with Gasteiger partial charge in [-0.1, -0.05) is 6.92 Å². The summed E-state index contributed by atoms with van der Waals surface area (Å²) >= 11 is 0. The summed E-state index contributed by atoms with van der Waals surface area (Å²) in [5, 5.41) is 6.02. The van der Waals surface area contributed by atoms with Crippen molar-refractivity contribution in [3.8, 4) is 0 Å². The van der Waals surface area contributed by atoms with Crippen molar-refractivity contribution in [1.29, 1.82) is 0 Å². The third-order valence-corrected chi connectivity index (χ3v) is 1.16. The minimum Gasteiger partial charge on any atom is -0.478 e. The quantitative estimate of drug-likeness (QED) is 0.598. The van der Waals surface area contributed by atoms with Crippen LogP contribution < -0.4 is 0 Å². The molecule has 11 heavy (non-hydrogen) atoms. The first-order valence-electron chi connectivity index (χ1n) is 2.76. The van der Waals surface area contributed by atoms with Crippen molar-refractivity contribution in [2.24, 2.45) is 0 Å². The second-order valence-corrected chi connectivity index (χ2v) is 1.83. The number of carbonyl (C=O) groups excluding carboxylic acids is 1. The van der Waals surface area contributed by atoms with Crippen LogP contribution in [0.3, 0.4) is 0 Å². The number of rotatable bonds is 1. The van der Waals surface area contributed by atoms with E-state index >= 15 is 0 Å². The van der Waals surface area contributed by atoms with Crippen LogP contribution >= 0.6 is 0 Å². The smallest absolute Gasteiger partial charge is 0.271 e. The number of hydrogen-bond donors (Lipinski definition) is 1. The second kappa shape index (κ2) is 4.29. The number of aryl methyl sites for hydroxylation is 1. The van der Waals surface area contributed by atoms with Gasteiger partial charge in [-0.3, -0.25) is 4.79 Å². The first kappa shape index (κ1) is 10.4. The van der Waals surface area contributed by atoms with Gasteiger partial charge in [0.05, 0.1) is 7.11 Å². The van der Waals surface area contributed by atoms with Gasteiger partial charge >= 0.3 is 0 Å². The minimum absolute atomic E-state index is 0. The van der Waals surface area contributed by atoms with Crippen molar-refractivity contribution in [2.75, 3.05) is 7.11 Å². The number of esters is 1. The van der Waals surface area contributed by atoms with Gasteiger partial charge in [0, 0.05) is 21.1 Å². The molecule has 0 aromatic carbocycles. The van der Waals surface area contributed by atoms with Gasteiger partial charge in [0.1, 0.15) is 0 Å². The van der Waals surface area contributed by atoms with Gasteiger partial charge in [0.2, 0.25) is 0 Å². The largest absolute Gasteiger partial charge is 0.478 e. The van der Waals surface area contributed by atoms with E-state index in [1.807, 2.05) is 0 Å². The van der Waals surface area contributed by atoms with Gasteiger partial charge in [-0.05, 0) is 5.69 Å². The van der Waals surface area contributed by atoms with E-state index in [-0.39, 0.29) is 21.1 Å². The summed E-state index contributed by atoms with van der Waals surface area (Å²) in [5.74, 6) is -0.411. The van der Waals surface area contributed by atoms with E-state index in [1.54, 1.807) is 6.92 Å². The maximum Gasteiger partial charge on any atom is 0.271 e. The summed E-state index contributed by atoms with van der Waals surface area (Å²) in [6.07, 6.45) is 2.58. The molecule has 0 aliphatic carbocycles. The van der Waals surface area contributed by atoms with E-state index < -0.39 is 5.97 Å². The zero-order valence-corrected chi connectivity index (χ0v) is 9.11. The Morgan fingerprint density at radius 2 is 2.36 bits per heavy atom. The number of aromatic nitrogens is 2. The predicted octanol–water partition coefficient (Wildman–Crippen LogP) is 0.302. The van der Waals surface area contributed by atoms with E-state index in [0.717, 1.165) is 0 Å². The number of H-pyrrole nitrogens is 1. The minimum atomic E-state index is -0.411. The molecule has 1 N–H and O–H groups in total. The molecule has 0 unspecified atom stereocenters. The maximum absolute atomic E-state index is 10.8. The molecule has 0 bridgehead atoms. The summed E-state index contributed by atoms with van der Waals surface area (Å²) in [7, 11) is 1.32. The molecule has 0 atom stereocenters. The number of methoxy groups -OCH3 is 1. The van der Waals surface area contributed by atoms with Crippen molar-refractivity contribution in [1.82, 2.24) is 10.2 Å². The molecule has 60 valence electrons. The molecule has 1 aromatic heterocycles. The number of nitrogens with zero attached hydrogens (tertiary/aromatic N) is 1. The first-order chi connectivity index (χ1) is 4.75. The van der Waals surface area contributed by atoms with Gasteiger partial charge in [0.25, 0.3) is 5.97 Å². The molecule has 0 amide bonds. The fourth-order valence-electron chi connectivity index (χ4n) is 0.608. The maximum atomic E-state index is 10.8. The average Bonchev–Trinajstić information content (AvgIpc) is 2.34. The number of aromatic amines is 1. The summed E-state index contributed by atoms with van der Waals surface area (Å²) in [5.41, 5.74) is 1.04. The van der Waals surface area contributed by atoms with Crippen molar-refractivity contribution in [2.45, 2.75) is 6.92 Å². The van der Waals surface area contributed by atoms with Gasteiger partial charge in [-0.15, -0.1) is 6.20 Å². The Kier molecular flexibility index (Phi) is 4.04. The second-order valence-electron chi connectivity index (χ2n) is 1.83. The van der Waals surface area contributed by atoms with E-state index in [4.69, 9.17) is 0 Å². The van der Waals surface area contributed by atoms with Crippen molar-refractivity contribution in [3.05, 3.63) is 17.5 Å². The van der Waals surface area contributed by atoms with E-state index in [0.29, 0.717) is 11.3 Å². The van der Waals surface area contributed by atoms with Crippen LogP contribution in [0.25, 0.3) is 0 Å². The molecule has 0 saturated heterocycles. The third-order valence-electron chi connectivity index (χ3n) is 1.16. The molecule has 0 radical (unpaired) electrons. The first-order valence-corrected chi connectivity index (χ1v) is 2.76. The molecule has 0 spiro atoms. The normalized spacial score (nSPS) is 8.55. The van der Waals surface area contributed by atoms with E-state index in [9.17, 15) is 4.79 Å². The predicted molar refractivity (Wildman–Crippen MR) is 33.5 cm³/mol. The molecule has 5 heteroatoms. The Hall–Kier alpha value is -0.632. The average molecular weight is 323 g/mol. The fourth-order valence-corrected chi connectivity index (χ4v) is 0.608. The fraction of sp³-hybridized carbons (Fsp3) is 0.333. The summed E-state index contributed by atoms with van der Waals surface area (Å²) < 4.78 is 4.45. The van der Waals surface area contributed by atoms with Crippen LogP contribution in [-0.4, -0.2) is 23.3 Å². The Morgan fingerprint density at radius 1 is 1.73 bits per heavy atom. The Labute approximate surface area is 78.6 Å². The van der Waals surface area contributed by atoms with Crippen molar-refractivity contribution >= 4 is 5.97 Å². The summed E-state index contributed by atoms with van der Waals surface area (Å²) in [6, 6.07) is 0. The number of nitrogens with one attached hydrogen (secondary N) is 1. The third kappa shape index (κ3) is 2.15. The molecule has 1 heterocycles. The van der Waals surface area contributed by atoms with Gasteiger partial charge in [-0.2, -0.15) is 5.56 Å². The SMILES string of the molecule is COC(=O)c1[nH]n[c-]c1C.[W]. The molecule has 1 rings (SSSR count). The van der Waals surface area contributed by atoms with Crippen LogP contribution in [0.1, 0.15) is 16.1 Å². The Bertz CT molecular complexity index is 246. The molecule has 0 saturated carbocycles. The van der Waals surface area contributed by atoms with Crippen LogP contribution in [0.2, 0.25) is 0 Å². The van der Waals surface area contributed by atoms with Crippen molar-refractivity contribution in [3.63, 3.8) is 0 Å². The van der Waals surface area contributed by atoms with Crippen LogP contribution in [0.5, 0.6) is 0 Å². The zero-order chi connectivity index (χ0) is 7.56. The van der Waals surface area contributed by atoms with E-state index in [1.165, 1.54) is 7.11 Å². The topological polar surface area (TPSA) is 55.0 Å². The van der Waals surface area contributed by atoms with Crippen LogP contribution in [-0.2, 0) is 25.8 Å². The number of ether oxygens (including phenoxy) is 1. The molecule has 1 aromatic rings. The summed E-state index contributed by atoms with van der Waals surface area (Å²) in [4.78, 5) is 10.8. The standard InChI is InChI=1S/C6H7N2O2.W/c1-4-3-7-8-5(4)6(9)10-2;/h1-2H3,(H,7,8);/q-1;. The molecule has 0 aliphatic heterocycles. The summed E-state index contributed by atoms with van der Waals surface area (Å²) in [6.45, 7) is 1.73. The van der Waals surface area contributed by atoms with Gasteiger partial charge < -0.3 is 14.9 Å². The van der Waals surface area contributed by atoms with Gasteiger partial charge in [0.15, 0.2) is 0 Å². The number of carbonyl (C=O) groups is 1. The zero-order valence-electron chi connectivity index (χ0n) is 6.17.